The molecule has 0 radical (unpaired) electrons. The number of benzene rings is 3. The second-order valence-electron chi connectivity index (χ2n) is 9.27. The molecule has 0 atom stereocenters. The number of alkyl halides is 2. The third-order valence-corrected chi connectivity index (χ3v) is 6.93. The van der Waals surface area contributed by atoms with E-state index in [1.165, 1.54) is 69.1 Å². The van der Waals surface area contributed by atoms with Gasteiger partial charge in [0, 0.05) is 10.9 Å². The molecule has 0 spiro atoms. The Labute approximate surface area is 200 Å². The molecule has 0 N–H and O–H groups in total. The van der Waals surface area contributed by atoms with Crippen molar-refractivity contribution < 1.29 is 17.9 Å². The summed E-state index contributed by atoms with van der Waals surface area (Å²) in [7, 11) is 0. The zero-order valence-electron chi connectivity index (χ0n) is 19.6. The Hall–Kier alpha value is -2.93. The summed E-state index contributed by atoms with van der Waals surface area (Å²) in [5.74, 6) is 6.95. The first-order valence-electron chi connectivity index (χ1n) is 12.3. The van der Waals surface area contributed by atoms with Crippen LogP contribution in [0, 0.1) is 23.6 Å². The molecule has 1 nitrogen and oxygen atoms in total. The fourth-order valence-electron chi connectivity index (χ4n) is 4.99. The molecule has 4 rings (SSSR count). The van der Waals surface area contributed by atoms with Gasteiger partial charge in [0.1, 0.15) is 11.6 Å². The molecule has 1 aliphatic carbocycles. The number of fused-ring (bicyclic) bond motifs is 1. The molecule has 1 fully saturated rings. The topological polar surface area (TPSA) is 9.23 Å². The van der Waals surface area contributed by atoms with Gasteiger partial charge in [-0.15, -0.1) is 0 Å². The van der Waals surface area contributed by atoms with Crippen LogP contribution >= 0.6 is 0 Å². The van der Waals surface area contributed by atoms with Gasteiger partial charge in [-0.2, -0.15) is 8.78 Å². The summed E-state index contributed by atoms with van der Waals surface area (Å²) in [6.45, 7) is -0.612. The predicted molar refractivity (Wildman–Crippen MR) is 132 cm³/mol. The molecule has 4 heteroatoms. The number of ether oxygens (including phenoxy) is 1. The highest BCUT2D eigenvalue weighted by atomic mass is 19.3. The number of hydrogen-bond donors (Lipinski definition) is 0. The van der Waals surface area contributed by atoms with E-state index in [4.69, 9.17) is 0 Å². The maximum Gasteiger partial charge on any atom is 0.387 e. The van der Waals surface area contributed by atoms with Crippen molar-refractivity contribution in [1.29, 1.82) is 0 Å². The smallest absolute Gasteiger partial charge is 0.387 e. The summed E-state index contributed by atoms with van der Waals surface area (Å²) in [5, 5.41) is 1.48. The second kappa shape index (κ2) is 11.5. The monoisotopic (exact) mass is 464 g/mol. The van der Waals surface area contributed by atoms with Crippen LogP contribution in [0.3, 0.4) is 0 Å². The zero-order chi connectivity index (χ0) is 23.9. The lowest BCUT2D eigenvalue weighted by Gasteiger charge is -2.29. The summed E-state index contributed by atoms with van der Waals surface area (Å²) < 4.78 is 44.0. The largest absolute Gasteiger partial charge is 0.435 e. The molecule has 3 aromatic rings. The highest BCUT2D eigenvalue weighted by Crippen LogP contribution is 2.38. The summed E-state index contributed by atoms with van der Waals surface area (Å²) in [5.41, 5.74) is 2.23. The SMILES string of the molecule is CCCCCC1CCC(c2ccc3c(F)c(C#Cc4ccc(OC(F)F)cc4)ccc3c2)CC1. The van der Waals surface area contributed by atoms with Crippen molar-refractivity contribution in [1.82, 2.24) is 0 Å². The van der Waals surface area contributed by atoms with E-state index in [0.717, 1.165) is 11.3 Å². The van der Waals surface area contributed by atoms with Crippen LogP contribution in [0.25, 0.3) is 10.8 Å². The molecule has 0 heterocycles. The van der Waals surface area contributed by atoms with Gasteiger partial charge in [0.25, 0.3) is 0 Å². The third-order valence-electron chi connectivity index (χ3n) is 6.93. The Kier molecular flexibility index (Phi) is 8.16. The minimum atomic E-state index is -2.87. The van der Waals surface area contributed by atoms with Gasteiger partial charge in [0.2, 0.25) is 0 Å². The summed E-state index contributed by atoms with van der Waals surface area (Å²) in [6.07, 6.45) is 10.4. The number of halogens is 3. The minimum Gasteiger partial charge on any atom is -0.435 e. The normalized spacial score (nSPS) is 18.0. The maximum absolute atomic E-state index is 15.1. The van der Waals surface area contributed by atoms with E-state index in [9.17, 15) is 8.78 Å². The van der Waals surface area contributed by atoms with Gasteiger partial charge in [0.05, 0.1) is 5.56 Å². The van der Waals surface area contributed by atoms with E-state index in [1.54, 1.807) is 18.2 Å². The van der Waals surface area contributed by atoms with Crippen molar-refractivity contribution >= 4 is 10.8 Å². The average molecular weight is 465 g/mol. The lowest BCUT2D eigenvalue weighted by molar-refractivity contribution is -0.0498. The first-order valence-corrected chi connectivity index (χ1v) is 12.3. The van der Waals surface area contributed by atoms with Crippen LogP contribution in [0.2, 0.25) is 0 Å². The number of hydrogen-bond acceptors (Lipinski definition) is 1. The predicted octanol–water partition coefficient (Wildman–Crippen LogP) is 8.83. The maximum atomic E-state index is 15.1. The summed E-state index contributed by atoms with van der Waals surface area (Å²) >= 11 is 0. The molecule has 0 bridgehead atoms. The fraction of sp³-hybridized carbons (Fsp3) is 0.400. The van der Waals surface area contributed by atoms with Crippen molar-refractivity contribution in [3.8, 4) is 17.6 Å². The molecular weight excluding hydrogens is 433 g/mol. The Morgan fingerprint density at radius 3 is 2.38 bits per heavy atom. The number of unbranched alkanes of at least 4 members (excludes halogenated alkanes) is 2. The Morgan fingerprint density at radius 2 is 1.68 bits per heavy atom. The van der Waals surface area contributed by atoms with Gasteiger partial charge in [-0.3, -0.25) is 0 Å². The third kappa shape index (κ3) is 6.14. The van der Waals surface area contributed by atoms with Crippen LogP contribution in [0.4, 0.5) is 13.2 Å². The molecule has 34 heavy (non-hydrogen) atoms. The van der Waals surface area contributed by atoms with E-state index >= 15 is 4.39 Å². The second-order valence-corrected chi connectivity index (χ2v) is 9.27. The standard InChI is InChI=1S/C30H31F3O/c1-2-3-4-5-21-6-11-23(12-7-21)25-16-19-28-26(20-25)15-14-24(29(28)31)13-8-22-9-17-27(18-10-22)34-30(32)33/h9-10,14-21,23,30H,2-7,11-12H2,1H3. The van der Waals surface area contributed by atoms with Crippen LogP contribution in [-0.2, 0) is 0 Å². The van der Waals surface area contributed by atoms with Crippen LogP contribution in [0.15, 0.2) is 54.6 Å². The van der Waals surface area contributed by atoms with E-state index < -0.39 is 6.61 Å². The van der Waals surface area contributed by atoms with Crippen LogP contribution in [0.5, 0.6) is 5.75 Å². The van der Waals surface area contributed by atoms with E-state index in [0.29, 0.717) is 22.4 Å². The molecule has 0 aromatic heterocycles. The van der Waals surface area contributed by atoms with Gasteiger partial charge in [0.15, 0.2) is 0 Å². The first-order chi connectivity index (χ1) is 16.5. The van der Waals surface area contributed by atoms with Gasteiger partial charge in [-0.1, -0.05) is 68.7 Å². The van der Waals surface area contributed by atoms with Crippen molar-refractivity contribution in [2.45, 2.75) is 70.8 Å². The first kappa shape index (κ1) is 24.2. The van der Waals surface area contributed by atoms with Crippen molar-refractivity contribution in [2.75, 3.05) is 0 Å². The van der Waals surface area contributed by atoms with E-state index in [1.807, 2.05) is 12.1 Å². The average Bonchev–Trinajstić information content (AvgIpc) is 2.85. The lowest BCUT2D eigenvalue weighted by atomic mass is 9.77. The van der Waals surface area contributed by atoms with Crippen molar-refractivity contribution in [3.63, 3.8) is 0 Å². The Morgan fingerprint density at radius 1 is 0.912 bits per heavy atom. The van der Waals surface area contributed by atoms with Gasteiger partial charge in [-0.05, 0) is 78.8 Å². The van der Waals surface area contributed by atoms with Crippen LogP contribution < -0.4 is 4.74 Å². The lowest BCUT2D eigenvalue weighted by Crippen LogP contribution is -2.13. The molecule has 178 valence electrons. The molecule has 0 saturated heterocycles. The van der Waals surface area contributed by atoms with Gasteiger partial charge in [-0.25, -0.2) is 4.39 Å². The van der Waals surface area contributed by atoms with Gasteiger partial charge >= 0.3 is 6.61 Å². The molecule has 0 unspecified atom stereocenters. The molecule has 3 aromatic carbocycles. The van der Waals surface area contributed by atoms with Gasteiger partial charge < -0.3 is 4.74 Å². The van der Waals surface area contributed by atoms with Crippen molar-refractivity contribution in [3.05, 3.63) is 77.1 Å². The molecule has 1 aliphatic rings. The van der Waals surface area contributed by atoms with Crippen LogP contribution in [-0.4, -0.2) is 6.61 Å². The van der Waals surface area contributed by atoms with Crippen molar-refractivity contribution in [2.24, 2.45) is 5.92 Å². The van der Waals surface area contributed by atoms with E-state index in [2.05, 4.69) is 35.6 Å². The molecule has 1 saturated carbocycles. The Balaban J connectivity index is 1.44. The zero-order valence-corrected chi connectivity index (χ0v) is 19.6. The molecule has 0 aliphatic heterocycles. The highest BCUT2D eigenvalue weighted by Gasteiger charge is 2.22. The quantitative estimate of drug-likeness (QED) is 0.251. The molecule has 0 amide bonds. The fourth-order valence-corrected chi connectivity index (χ4v) is 4.99. The minimum absolute atomic E-state index is 0.0678. The Bertz CT molecular complexity index is 1150. The molecular formula is C30H31F3O. The summed E-state index contributed by atoms with van der Waals surface area (Å²) in [6, 6.07) is 15.7. The van der Waals surface area contributed by atoms with E-state index in [-0.39, 0.29) is 11.6 Å². The number of rotatable bonds is 7. The van der Waals surface area contributed by atoms with Crippen LogP contribution in [0.1, 0.15) is 80.9 Å². The summed E-state index contributed by atoms with van der Waals surface area (Å²) in [4.78, 5) is 0. The highest BCUT2D eigenvalue weighted by molar-refractivity contribution is 5.85.